The number of Topliss-reactive ketones (excluding diaryl/α,β-unsaturated/α-hetero) is 1. The molecule has 0 spiro atoms. The first-order valence-corrected chi connectivity index (χ1v) is 5.46. The lowest BCUT2D eigenvalue weighted by Crippen LogP contribution is -2.03. The van der Waals surface area contributed by atoms with Gasteiger partial charge in [0, 0.05) is 10.9 Å². The molecule has 0 saturated carbocycles. The maximum Gasteiger partial charge on any atom is 0.147 e. The molecule has 1 rings (SSSR count). The Kier molecular flexibility index (Phi) is 3.95. The Balaban J connectivity index is 2.75. The molecule has 0 aromatic heterocycles. The van der Waals surface area contributed by atoms with Crippen molar-refractivity contribution in [3.8, 4) is 0 Å². The zero-order chi connectivity index (χ0) is 8.97. The van der Waals surface area contributed by atoms with Crippen LogP contribution < -0.4 is 0 Å². The summed E-state index contributed by atoms with van der Waals surface area (Å²) in [6, 6.07) is 7.76. The van der Waals surface area contributed by atoms with Gasteiger partial charge in [-0.05, 0) is 11.6 Å². The van der Waals surface area contributed by atoms with Crippen LogP contribution in [0.1, 0.15) is 5.56 Å². The van der Waals surface area contributed by atoms with E-state index in [1.807, 2.05) is 24.3 Å². The summed E-state index contributed by atoms with van der Waals surface area (Å²) in [7, 11) is 0. The number of hydrogen-bond acceptors (Lipinski definition) is 1. The van der Waals surface area contributed by atoms with Crippen molar-refractivity contribution >= 4 is 37.6 Å². The van der Waals surface area contributed by atoms with E-state index in [-0.39, 0.29) is 5.78 Å². The van der Waals surface area contributed by atoms with Gasteiger partial charge in [0.05, 0.1) is 5.33 Å². The largest absolute Gasteiger partial charge is 0.298 e. The zero-order valence-corrected chi connectivity index (χ0v) is 9.56. The number of rotatable bonds is 3. The topological polar surface area (TPSA) is 17.1 Å². The van der Waals surface area contributed by atoms with E-state index in [9.17, 15) is 4.79 Å². The molecule has 0 atom stereocenters. The number of carbonyl (C=O) groups is 1. The fourth-order valence-corrected chi connectivity index (χ4v) is 1.52. The van der Waals surface area contributed by atoms with Crippen LogP contribution in [-0.2, 0) is 11.2 Å². The van der Waals surface area contributed by atoms with Crippen molar-refractivity contribution in [2.45, 2.75) is 6.42 Å². The minimum atomic E-state index is 0.196. The van der Waals surface area contributed by atoms with Gasteiger partial charge in [0.2, 0.25) is 0 Å². The Morgan fingerprint density at radius 3 is 2.58 bits per heavy atom. The van der Waals surface area contributed by atoms with Crippen molar-refractivity contribution in [1.82, 2.24) is 0 Å². The smallest absolute Gasteiger partial charge is 0.147 e. The van der Waals surface area contributed by atoms with E-state index in [4.69, 9.17) is 0 Å². The molecule has 3 heteroatoms. The van der Waals surface area contributed by atoms with Crippen LogP contribution in [0.3, 0.4) is 0 Å². The van der Waals surface area contributed by atoms with Crippen LogP contribution in [0.4, 0.5) is 0 Å². The van der Waals surface area contributed by atoms with Gasteiger partial charge in [-0.25, -0.2) is 0 Å². The lowest BCUT2D eigenvalue weighted by atomic mass is 10.1. The molecule has 12 heavy (non-hydrogen) atoms. The van der Waals surface area contributed by atoms with Gasteiger partial charge in [-0.2, -0.15) is 0 Å². The standard InChI is InChI=1S/C9H8Br2O/c10-6-8(12)5-7-3-1-2-4-9(7)11/h1-4H,5-6H2. The predicted molar refractivity (Wildman–Crippen MR) is 56.6 cm³/mol. The molecule has 1 aromatic carbocycles. The van der Waals surface area contributed by atoms with Gasteiger partial charge in [-0.1, -0.05) is 50.1 Å². The molecule has 0 radical (unpaired) electrons. The fourth-order valence-electron chi connectivity index (χ4n) is 0.901. The number of carbonyl (C=O) groups excluding carboxylic acids is 1. The van der Waals surface area contributed by atoms with Gasteiger partial charge in [-0.15, -0.1) is 0 Å². The summed E-state index contributed by atoms with van der Waals surface area (Å²) >= 11 is 6.52. The molecule has 1 aromatic rings. The molecule has 0 saturated heterocycles. The summed E-state index contributed by atoms with van der Waals surface area (Å²) in [6.07, 6.45) is 0.493. The van der Waals surface area contributed by atoms with E-state index in [0.717, 1.165) is 10.0 Å². The Bertz CT molecular complexity index is 284. The Hall–Kier alpha value is -0.150. The second kappa shape index (κ2) is 4.77. The van der Waals surface area contributed by atoms with Crippen LogP contribution in [-0.4, -0.2) is 11.1 Å². The predicted octanol–water partition coefficient (Wildman–Crippen LogP) is 2.96. The summed E-state index contributed by atoms with van der Waals surface area (Å²) in [5.74, 6) is 0.196. The average Bonchev–Trinajstić information content (AvgIpc) is 2.09. The molecule has 0 bridgehead atoms. The molecule has 0 unspecified atom stereocenters. The van der Waals surface area contributed by atoms with Gasteiger partial charge in [0.25, 0.3) is 0 Å². The minimum absolute atomic E-state index is 0.196. The second-order valence-electron chi connectivity index (χ2n) is 2.44. The van der Waals surface area contributed by atoms with E-state index in [2.05, 4.69) is 31.9 Å². The molecule has 0 aliphatic heterocycles. The van der Waals surface area contributed by atoms with E-state index < -0.39 is 0 Å². The number of hydrogen-bond donors (Lipinski definition) is 0. The lowest BCUT2D eigenvalue weighted by molar-refractivity contribution is -0.115. The molecule has 0 heterocycles. The Labute approximate surface area is 88.4 Å². The molecular formula is C9H8Br2O. The van der Waals surface area contributed by atoms with Crippen molar-refractivity contribution < 1.29 is 4.79 Å². The third-order valence-electron chi connectivity index (χ3n) is 1.49. The van der Waals surface area contributed by atoms with Gasteiger partial charge >= 0.3 is 0 Å². The molecule has 0 amide bonds. The van der Waals surface area contributed by atoms with Gasteiger partial charge in [-0.3, -0.25) is 4.79 Å². The lowest BCUT2D eigenvalue weighted by Gasteiger charge is -2.00. The molecule has 0 fully saturated rings. The highest BCUT2D eigenvalue weighted by Gasteiger charge is 2.03. The molecule has 64 valence electrons. The van der Waals surface area contributed by atoms with E-state index in [1.54, 1.807) is 0 Å². The van der Waals surface area contributed by atoms with Crippen LogP contribution in [0.25, 0.3) is 0 Å². The average molecular weight is 292 g/mol. The number of alkyl halides is 1. The maximum absolute atomic E-state index is 11.1. The van der Waals surface area contributed by atoms with Crippen LogP contribution in [0.5, 0.6) is 0 Å². The van der Waals surface area contributed by atoms with E-state index >= 15 is 0 Å². The van der Waals surface area contributed by atoms with Crippen molar-refractivity contribution in [1.29, 1.82) is 0 Å². The van der Waals surface area contributed by atoms with Gasteiger partial charge in [0.15, 0.2) is 0 Å². The molecular weight excluding hydrogens is 284 g/mol. The second-order valence-corrected chi connectivity index (χ2v) is 3.86. The highest BCUT2D eigenvalue weighted by Crippen LogP contribution is 2.16. The minimum Gasteiger partial charge on any atom is -0.298 e. The monoisotopic (exact) mass is 290 g/mol. The molecule has 0 aliphatic carbocycles. The van der Waals surface area contributed by atoms with Crippen molar-refractivity contribution in [3.63, 3.8) is 0 Å². The van der Waals surface area contributed by atoms with Gasteiger partial charge in [0.1, 0.15) is 5.78 Å². The van der Waals surface area contributed by atoms with E-state index in [0.29, 0.717) is 11.8 Å². The molecule has 0 aliphatic rings. The highest BCUT2D eigenvalue weighted by molar-refractivity contribution is 9.10. The third-order valence-corrected chi connectivity index (χ3v) is 2.89. The first-order chi connectivity index (χ1) is 5.74. The quantitative estimate of drug-likeness (QED) is 0.783. The first-order valence-electron chi connectivity index (χ1n) is 3.55. The summed E-state index contributed by atoms with van der Waals surface area (Å²) in [5.41, 5.74) is 1.04. The number of benzene rings is 1. The van der Waals surface area contributed by atoms with Crippen LogP contribution >= 0.6 is 31.9 Å². The Morgan fingerprint density at radius 1 is 1.33 bits per heavy atom. The fraction of sp³-hybridized carbons (Fsp3) is 0.222. The van der Waals surface area contributed by atoms with E-state index in [1.165, 1.54) is 0 Å². The van der Waals surface area contributed by atoms with Gasteiger partial charge < -0.3 is 0 Å². The summed E-state index contributed by atoms with van der Waals surface area (Å²) in [6.45, 7) is 0. The summed E-state index contributed by atoms with van der Waals surface area (Å²) in [4.78, 5) is 11.1. The van der Waals surface area contributed by atoms with Crippen molar-refractivity contribution in [3.05, 3.63) is 34.3 Å². The van der Waals surface area contributed by atoms with Crippen molar-refractivity contribution in [2.24, 2.45) is 0 Å². The number of halogens is 2. The zero-order valence-electron chi connectivity index (χ0n) is 6.39. The molecule has 0 N–H and O–H groups in total. The maximum atomic E-state index is 11.1. The normalized spacial score (nSPS) is 9.83. The SMILES string of the molecule is O=C(CBr)Cc1ccccc1Br. The summed E-state index contributed by atoms with van der Waals surface area (Å²) < 4.78 is 0.999. The highest BCUT2D eigenvalue weighted by atomic mass is 79.9. The van der Waals surface area contributed by atoms with Crippen molar-refractivity contribution in [2.75, 3.05) is 5.33 Å². The summed E-state index contributed by atoms with van der Waals surface area (Å²) in [5, 5.41) is 0.425. The first kappa shape index (κ1) is 9.93. The third kappa shape index (κ3) is 2.72. The van der Waals surface area contributed by atoms with Crippen LogP contribution in [0, 0.1) is 0 Å². The number of ketones is 1. The molecule has 1 nitrogen and oxygen atoms in total. The van der Waals surface area contributed by atoms with Crippen LogP contribution in [0.15, 0.2) is 28.7 Å². The Morgan fingerprint density at radius 2 is 2.00 bits per heavy atom. The van der Waals surface area contributed by atoms with Crippen LogP contribution in [0.2, 0.25) is 0 Å².